The number of ether oxygens (including phenoxy) is 2. The summed E-state index contributed by atoms with van der Waals surface area (Å²) in [5, 5.41) is 13.3. The fourth-order valence-electron chi connectivity index (χ4n) is 5.14. The van der Waals surface area contributed by atoms with E-state index in [1.54, 1.807) is 16.9 Å². The van der Waals surface area contributed by atoms with Gasteiger partial charge in [0.15, 0.2) is 5.67 Å². The molecule has 3 atom stereocenters. The molecule has 0 aliphatic carbocycles. The number of pyridine rings is 2. The Morgan fingerprint density at radius 1 is 1.26 bits per heavy atom. The van der Waals surface area contributed by atoms with Gasteiger partial charge in [0.2, 0.25) is 0 Å². The van der Waals surface area contributed by atoms with E-state index in [1.165, 1.54) is 23.7 Å². The molecule has 2 saturated heterocycles. The number of alkyl halides is 2. The lowest BCUT2D eigenvalue weighted by molar-refractivity contribution is -0.0849. The molecular formula is C26H27ClF3N7O2. The van der Waals surface area contributed by atoms with Gasteiger partial charge in [-0.2, -0.15) is 5.10 Å². The summed E-state index contributed by atoms with van der Waals surface area (Å²) >= 11 is 6.37. The summed E-state index contributed by atoms with van der Waals surface area (Å²) in [6.45, 7) is 5.12. The first kappa shape index (κ1) is 26.0. The number of halogens is 4. The highest BCUT2D eigenvalue weighted by Gasteiger charge is 2.37. The van der Waals surface area contributed by atoms with Crippen LogP contribution in [0.4, 0.5) is 13.2 Å². The van der Waals surface area contributed by atoms with Crippen LogP contribution in [0.3, 0.4) is 0 Å². The molecule has 2 fully saturated rings. The molecule has 0 saturated carbocycles. The van der Waals surface area contributed by atoms with Crippen LogP contribution in [0.25, 0.3) is 16.8 Å². The smallest absolute Gasteiger partial charge is 0.183 e. The summed E-state index contributed by atoms with van der Waals surface area (Å²) in [7, 11) is 0. The van der Waals surface area contributed by atoms with E-state index in [9.17, 15) is 4.39 Å². The van der Waals surface area contributed by atoms with Crippen molar-refractivity contribution in [1.29, 1.82) is 0 Å². The first-order valence-corrected chi connectivity index (χ1v) is 13.1. The molecule has 4 aromatic rings. The van der Waals surface area contributed by atoms with E-state index in [0.717, 1.165) is 18.8 Å². The second kappa shape index (κ2) is 10.1. The standard InChI is InChI=1S/C26H27ClF3N7O2/c1-15-24(33-34-37(15)21-5-6-35(11-20(21)29)18-12-38-13-18)16-7-22(25-19(27)9-32-36(25)10-16)39-14-26(2,30)23-4-3-17(28)8-31-23/h3-4,7-10,18,20-21H,5-6,11-14H2,1-2H3/t20-,21+,26?/m0/s1. The summed E-state index contributed by atoms with van der Waals surface area (Å²) in [5.74, 6) is -0.286. The molecule has 4 aromatic heterocycles. The van der Waals surface area contributed by atoms with Crippen LogP contribution in [0.2, 0.25) is 5.02 Å². The maximum atomic E-state index is 15.5. The summed E-state index contributed by atoms with van der Waals surface area (Å²) in [6, 6.07) is 3.96. The Labute approximate surface area is 227 Å². The molecule has 0 bridgehead atoms. The molecule has 0 aromatic carbocycles. The van der Waals surface area contributed by atoms with Crippen molar-refractivity contribution in [1.82, 2.24) is 34.5 Å². The molecule has 206 valence electrons. The zero-order valence-corrected chi connectivity index (χ0v) is 22.2. The predicted octanol–water partition coefficient (Wildman–Crippen LogP) is 4.34. The Morgan fingerprint density at radius 3 is 2.77 bits per heavy atom. The van der Waals surface area contributed by atoms with E-state index in [2.05, 4.69) is 25.3 Å². The van der Waals surface area contributed by atoms with E-state index in [-0.39, 0.29) is 17.5 Å². The Balaban J connectivity index is 1.27. The van der Waals surface area contributed by atoms with Crippen molar-refractivity contribution in [3.63, 3.8) is 0 Å². The van der Waals surface area contributed by atoms with Gasteiger partial charge < -0.3 is 9.47 Å². The summed E-state index contributed by atoms with van der Waals surface area (Å²) in [4.78, 5) is 5.99. The molecule has 6 heterocycles. The van der Waals surface area contributed by atoms with Crippen LogP contribution in [0.5, 0.6) is 5.75 Å². The Morgan fingerprint density at radius 2 is 2.08 bits per heavy atom. The van der Waals surface area contributed by atoms with E-state index in [1.807, 2.05) is 6.92 Å². The Bertz CT molecular complexity index is 1490. The lowest BCUT2D eigenvalue weighted by Crippen LogP contribution is -2.55. The first-order chi connectivity index (χ1) is 18.7. The van der Waals surface area contributed by atoms with Gasteiger partial charge in [-0.15, -0.1) is 5.10 Å². The average molecular weight is 562 g/mol. The van der Waals surface area contributed by atoms with Crippen molar-refractivity contribution >= 4 is 17.1 Å². The van der Waals surface area contributed by atoms with E-state index >= 15 is 8.78 Å². The monoisotopic (exact) mass is 561 g/mol. The van der Waals surface area contributed by atoms with E-state index < -0.39 is 30.3 Å². The van der Waals surface area contributed by atoms with Crippen LogP contribution in [0, 0.1) is 12.7 Å². The largest absolute Gasteiger partial charge is 0.487 e. The molecule has 2 aliphatic rings. The number of nitrogens with zero attached hydrogens (tertiary/aromatic N) is 7. The second-order valence-corrected chi connectivity index (χ2v) is 10.7. The maximum absolute atomic E-state index is 15.5. The predicted molar refractivity (Wildman–Crippen MR) is 137 cm³/mol. The molecule has 0 N–H and O–H groups in total. The zero-order valence-electron chi connectivity index (χ0n) is 21.4. The molecule has 13 heteroatoms. The molecule has 1 unspecified atom stereocenters. The summed E-state index contributed by atoms with van der Waals surface area (Å²) in [5.41, 5.74) is 0.288. The van der Waals surface area contributed by atoms with Gasteiger partial charge in [-0.3, -0.25) is 9.88 Å². The highest BCUT2D eigenvalue weighted by molar-refractivity contribution is 6.34. The number of likely N-dealkylation sites (tertiary alicyclic amines) is 1. The highest BCUT2D eigenvalue weighted by Crippen LogP contribution is 2.36. The summed E-state index contributed by atoms with van der Waals surface area (Å²) in [6.07, 6.45) is 3.65. The zero-order chi connectivity index (χ0) is 27.3. The van der Waals surface area contributed by atoms with Gasteiger partial charge in [0, 0.05) is 24.8 Å². The third kappa shape index (κ3) is 4.85. The van der Waals surface area contributed by atoms with Gasteiger partial charge in [-0.05, 0) is 38.5 Å². The number of piperidine rings is 1. The Kier molecular flexibility index (Phi) is 6.72. The van der Waals surface area contributed by atoms with Crippen molar-refractivity contribution in [3.8, 4) is 17.0 Å². The minimum atomic E-state index is -2.01. The number of hydrogen-bond donors (Lipinski definition) is 0. The van der Waals surface area contributed by atoms with Crippen LogP contribution >= 0.6 is 11.6 Å². The first-order valence-electron chi connectivity index (χ1n) is 12.7. The van der Waals surface area contributed by atoms with Crippen LogP contribution < -0.4 is 4.74 Å². The van der Waals surface area contributed by atoms with Crippen molar-refractivity contribution in [2.24, 2.45) is 0 Å². The van der Waals surface area contributed by atoms with Gasteiger partial charge >= 0.3 is 0 Å². The number of fused-ring (bicyclic) bond motifs is 1. The average Bonchev–Trinajstić information content (AvgIpc) is 3.44. The van der Waals surface area contributed by atoms with Gasteiger partial charge in [-0.1, -0.05) is 16.8 Å². The number of aromatic nitrogens is 6. The van der Waals surface area contributed by atoms with Gasteiger partial charge in [0.05, 0.1) is 54.1 Å². The summed E-state index contributed by atoms with van der Waals surface area (Å²) < 4.78 is 58.3. The third-order valence-corrected chi connectivity index (χ3v) is 7.76. The molecule has 0 radical (unpaired) electrons. The van der Waals surface area contributed by atoms with Crippen LogP contribution in [0.15, 0.2) is 36.8 Å². The molecule has 2 aliphatic heterocycles. The molecule has 39 heavy (non-hydrogen) atoms. The normalized spacial score (nSPS) is 22.1. The minimum Gasteiger partial charge on any atom is -0.487 e. The highest BCUT2D eigenvalue weighted by atomic mass is 35.5. The third-order valence-electron chi connectivity index (χ3n) is 7.48. The molecular weight excluding hydrogens is 535 g/mol. The molecule has 0 spiro atoms. The van der Waals surface area contributed by atoms with Gasteiger partial charge in [0.25, 0.3) is 0 Å². The Hall–Kier alpha value is -3.22. The van der Waals surface area contributed by atoms with Crippen LogP contribution in [-0.4, -0.2) is 79.6 Å². The lowest BCUT2D eigenvalue weighted by atomic mass is 10.00. The molecule has 6 rings (SSSR count). The lowest BCUT2D eigenvalue weighted by Gasteiger charge is -2.42. The fourth-order valence-corrected chi connectivity index (χ4v) is 5.36. The van der Waals surface area contributed by atoms with Gasteiger partial charge in [0.1, 0.15) is 35.6 Å². The van der Waals surface area contributed by atoms with Crippen molar-refractivity contribution < 1.29 is 22.6 Å². The topological polar surface area (TPSA) is 82.6 Å². The van der Waals surface area contributed by atoms with Crippen LogP contribution in [0.1, 0.15) is 30.8 Å². The van der Waals surface area contributed by atoms with Crippen LogP contribution in [-0.2, 0) is 10.4 Å². The van der Waals surface area contributed by atoms with E-state index in [0.29, 0.717) is 53.7 Å². The quantitative estimate of drug-likeness (QED) is 0.332. The van der Waals surface area contributed by atoms with E-state index in [4.69, 9.17) is 21.1 Å². The van der Waals surface area contributed by atoms with Gasteiger partial charge in [-0.25, -0.2) is 22.4 Å². The number of hydrogen-bond acceptors (Lipinski definition) is 7. The van der Waals surface area contributed by atoms with Crippen molar-refractivity contribution in [2.75, 3.05) is 32.9 Å². The fraction of sp³-hybridized carbons (Fsp3) is 0.462. The second-order valence-electron chi connectivity index (χ2n) is 10.3. The van der Waals surface area contributed by atoms with Crippen molar-refractivity contribution in [3.05, 3.63) is 59.0 Å². The molecule has 9 nitrogen and oxygen atoms in total. The minimum absolute atomic E-state index is 0.0334. The molecule has 0 amide bonds. The SMILES string of the molecule is Cc1c(-c2cc(OCC(C)(F)c3ccc(F)cn3)c3c(Cl)cnn3c2)nnn1[C@@H]1CCN(C2COC2)C[C@@H]1F. The maximum Gasteiger partial charge on any atom is 0.183 e. The number of rotatable bonds is 7. The van der Waals surface area contributed by atoms with Crippen molar-refractivity contribution in [2.45, 2.75) is 44.2 Å².